The third-order valence-corrected chi connectivity index (χ3v) is 7.98. The van der Waals surface area contributed by atoms with Crippen molar-refractivity contribution in [3.8, 4) is 11.5 Å². The van der Waals surface area contributed by atoms with Crippen LogP contribution in [-0.4, -0.2) is 39.0 Å². The van der Waals surface area contributed by atoms with Crippen LogP contribution in [0, 0.1) is 5.92 Å². The van der Waals surface area contributed by atoms with Crippen LogP contribution >= 0.6 is 0 Å². The van der Waals surface area contributed by atoms with Gasteiger partial charge in [0.2, 0.25) is 0 Å². The van der Waals surface area contributed by atoms with E-state index in [2.05, 4.69) is 72.9 Å². The second kappa shape index (κ2) is 14.5. The van der Waals surface area contributed by atoms with Gasteiger partial charge in [0.15, 0.2) is 0 Å². The predicted octanol–water partition coefficient (Wildman–Crippen LogP) is 7.07. The molecule has 3 unspecified atom stereocenters. The van der Waals surface area contributed by atoms with Crippen LogP contribution in [0.2, 0.25) is 0 Å². The van der Waals surface area contributed by atoms with Crippen molar-refractivity contribution in [2.75, 3.05) is 32.9 Å². The SMILES string of the molecule is CC(OC1CNCCC1c1ccc(OCCCOCc2ccccc2)cc1)c1ccccc1OCC1CCC1. The molecule has 3 aromatic rings. The van der Waals surface area contributed by atoms with E-state index in [4.69, 9.17) is 18.9 Å². The second-order valence-corrected chi connectivity index (χ2v) is 10.9. The van der Waals surface area contributed by atoms with Crippen LogP contribution in [0.4, 0.5) is 0 Å². The highest BCUT2D eigenvalue weighted by molar-refractivity contribution is 5.35. The maximum absolute atomic E-state index is 6.71. The first-order valence-corrected chi connectivity index (χ1v) is 14.7. The Balaban J connectivity index is 1.10. The Labute approximate surface area is 233 Å². The predicted molar refractivity (Wildman–Crippen MR) is 155 cm³/mol. The molecule has 39 heavy (non-hydrogen) atoms. The lowest BCUT2D eigenvalue weighted by atomic mass is 9.86. The number of para-hydroxylation sites is 1. The zero-order chi connectivity index (χ0) is 26.7. The molecule has 3 aromatic carbocycles. The van der Waals surface area contributed by atoms with Crippen LogP contribution in [-0.2, 0) is 16.1 Å². The summed E-state index contributed by atoms with van der Waals surface area (Å²) in [7, 11) is 0. The Morgan fingerprint density at radius 1 is 0.846 bits per heavy atom. The normalized spacial score (nSPS) is 20.2. The summed E-state index contributed by atoms with van der Waals surface area (Å²) < 4.78 is 24.7. The fourth-order valence-corrected chi connectivity index (χ4v) is 5.43. The Morgan fingerprint density at radius 2 is 1.64 bits per heavy atom. The molecule has 0 amide bonds. The van der Waals surface area contributed by atoms with Crippen LogP contribution in [0.25, 0.3) is 0 Å². The van der Waals surface area contributed by atoms with E-state index in [1.54, 1.807) is 0 Å². The van der Waals surface area contributed by atoms with Crippen LogP contribution < -0.4 is 14.8 Å². The molecule has 2 fully saturated rings. The molecular weight excluding hydrogens is 486 g/mol. The molecule has 1 N–H and O–H groups in total. The molecule has 0 bridgehead atoms. The molecule has 0 aromatic heterocycles. The molecule has 3 atom stereocenters. The minimum atomic E-state index is -0.0401. The zero-order valence-electron chi connectivity index (χ0n) is 23.2. The summed E-state index contributed by atoms with van der Waals surface area (Å²) in [5, 5.41) is 3.53. The maximum atomic E-state index is 6.71. The second-order valence-electron chi connectivity index (χ2n) is 10.9. The summed E-state index contributed by atoms with van der Waals surface area (Å²) in [6.07, 6.45) is 5.89. The van der Waals surface area contributed by atoms with Crippen molar-refractivity contribution in [2.45, 2.75) is 63.8 Å². The molecule has 1 heterocycles. The lowest BCUT2D eigenvalue weighted by Crippen LogP contribution is -2.41. The number of benzene rings is 3. The highest BCUT2D eigenvalue weighted by Gasteiger charge is 2.30. The van der Waals surface area contributed by atoms with Crippen LogP contribution in [0.3, 0.4) is 0 Å². The van der Waals surface area contributed by atoms with Gasteiger partial charge in [-0.1, -0.05) is 67.1 Å². The maximum Gasteiger partial charge on any atom is 0.125 e. The first-order chi connectivity index (χ1) is 19.3. The van der Waals surface area contributed by atoms with Crippen molar-refractivity contribution in [3.63, 3.8) is 0 Å². The summed E-state index contributed by atoms with van der Waals surface area (Å²) in [5.74, 6) is 2.92. The average Bonchev–Trinajstić information content (AvgIpc) is 2.95. The van der Waals surface area contributed by atoms with Gasteiger partial charge in [0, 0.05) is 24.4 Å². The van der Waals surface area contributed by atoms with Crippen molar-refractivity contribution < 1.29 is 18.9 Å². The summed E-state index contributed by atoms with van der Waals surface area (Å²) in [4.78, 5) is 0. The van der Waals surface area contributed by atoms with E-state index in [0.717, 1.165) is 49.6 Å². The van der Waals surface area contributed by atoms with E-state index < -0.39 is 0 Å². The molecule has 1 saturated carbocycles. The molecule has 0 radical (unpaired) electrons. The molecule has 5 nitrogen and oxygen atoms in total. The van der Waals surface area contributed by atoms with E-state index in [1.165, 1.54) is 30.4 Å². The minimum absolute atomic E-state index is 0.0401. The summed E-state index contributed by atoms with van der Waals surface area (Å²) >= 11 is 0. The summed E-state index contributed by atoms with van der Waals surface area (Å²) in [6, 6.07) is 27.2. The number of ether oxygens (including phenoxy) is 4. The van der Waals surface area contributed by atoms with Gasteiger partial charge in [-0.15, -0.1) is 0 Å². The minimum Gasteiger partial charge on any atom is -0.494 e. The largest absolute Gasteiger partial charge is 0.494 e. The fraction of sp³-hybridized carbons (Fsp3) is 0.471. The first kappa shape index (κ1) is 27.7. The number of rotatable bonds is 14. The number of hydrogen-bond acceptors (Lipinski definition) is 5. The van der Waals surface area contributed by atoms with Gasteiger partial charge >= 0.3 is 0 Å². The summed E-state index contributed by atoms with van der Waals surface area (Å²) in [5.41, 5.74) is 3.64. The van der Waals surface area contributed by atoms with Crippen molar-refractivity contribution in [1.82, 2.24) is 5.32 Å². The van der Waals surface area contributed by atoms with Gasteiger partial charge in [-0.25, -0.2) is 0 Å². The van der Waals surface area contributed by atoms with Crippen molar-refractivity contribution in [1.29, 1.82) is 0 Å². The molecule has 2 aliphatic rings. The van der Waals surface area contributed by atoms with E-state index in [0.29, 0.717) is 31.7 Å². The van der Waals surface area contributed by atoms with Crippen molar-refractivity contribution in [3.05, 3.63) is 95.6 Å². The van der Waals surface area contributed by atoms with Gasteiger partial charge in [-0.3, -0.25) is 0 Å². The first-order valence-electron chi connectivity index (χ1n) is 14.7. The quantitative estimate of drug-likeness (QED) is 0.226. The molecule has 0 spiro atoms. The third-order valence-electron chi connectivity index (χ3n) is 7.98. The molecular formula is C34H43NO4. The van der Waals surface area contributed by atoms with E-state index in [9.17, 15) is 0 Å². The molecule has 1 saturated heterocycles. The molecule has 208 valence electrons. The van der Waals surface area contributed by atoms with Gasteiger partial charge in [0.1, 0.15) is 11.5 Å². The van der Waals surface area contributed by atoms with Crippen LogP contribution in [0.1, 0.15) is 67.7 Å². The monoisotopic (exact) mass is 529 g/mol. The van der Waals surface area contributed by atoms with E-state index >= 15 is 0 Å². The van der Waals surface area contributed by atoms with Gasteiger partial charge in [0.05, 0.1) is 38.6 Å². The van der Waals surface area contributed by atoms with Crippen molar-refractivity contribution in [2.24, 2.45) is 5.92 Å². The number of hydrogen-bond donors (Lipinski definition) is 1. The summed E-state index contributed by atoms with van der Waals surface area (Å²) in [6.45, 7) is 6.79. The number of nitrogens with one attached hydrogen (secondary N) is 1. The topological polar surface area (TPSA) is 49.0 Å². The van der Waals surface area contributed by atoms with Gasteiger partial charge in [-0.05, 0) is 68.0 Å². The van der Waals surface area contributed by atoms with Crippen LogP contribution in [0.5, 0.6) is 11.5 Å². The van der Waals surface area contributed by atoms with Crippen molar-refractivity contribution >= 4 is 0 Å². The fourth-order valence-electron chi connectivity index (χ4n) is 5.43. The van der Waals surface area contributed by atoms with Gasteiger partial charge in [0.25, 0.3) is 0 Å². The average molecular weight is 530 g/mol. The van der Waals surface area contributed by atoms with E-state index in [-0.39, 0.29) is 12.2 Å². The zero-order valence-corrected chi connectivity index (χ0v) is 23.2. The molecule has 5 rings (SSSR count). The molecule has 5 heteroatoms. The standard InChI is InChI=1S/C34H43NO4/c1-26(31-13-5-6-14-33(31)38-25-28-11-7-12-28)39-34-23-35-20-19-32(34)29-15-17-30(18-16-29)37-22-8-21-36-24-27-9-3-2-4-10-27/h2-6,9-10,13-18,26,28,32,34-35H,7-8,11-12,19-25H2,1H3. The number of piperidine rings is 1. The van der Waals surface area contributed by atoms with Crippen LogP contribution in [0.15, 0.2) is 78.9 Å². The Bertz CT molecular complexity index is 1120. The van der Waals surface area contributed by atoms with E-state index in [1.807, 2.05) is 18.2 Å². The highest BCUT2D eigenvalue weighted by atomic mass is 16.5. The lowest BCUT2D eigenvalue weighted by Gasteiger charge is -2.35. The Hall–Kier alpha value is -2.86. The smallest absolute Gasteiger partial charge is 0.125 e. The van der Waals surface area contributed by atoms with Gasteiger partial charge < -0.3 is 24.3 Å². The lowest BCUT2D eigenvalue weighted by molar-refractivity contribution is -0.0284. The molecule has 1 aliphatic carbocycles. The Morgan fingerprint density at radius 3 is 2.44 bits per heavy atom. The molecule has 1 aliphatic heterocycles. The third kappa shape index (κ3) is 8.07. The Kier molecular flexibility index (Phi) is 10.3. The van der Waals surface area contributed by atoms with Gasteiger partial charge in [-0.2, -0.15) is 0 Å². The highest BCUT2D eigenvalue weighted by Crippen LogP contribution is 2.35.